The Bertz CT molecular complexity index is 811. The van der Waals surface area contributed by atoms with Crippen molar-refractivity contribution in [1.29, 1.82) is 0 Å². The number of nitrogen functional groups attached to an aromatic ring is 1. The highest BCUT2D eigenvalue weighted by Gasteiger charge is 2.55. The van der Waals surface area contributed by atoms with Gasteiger partial charge in [-0.1, -0.05) is 23.7 Å². The van der Waals surface area contributed by atoms with Gasteiger partial charge >= 0.3 is 0 Å². The summed E-state index contributed by atoms with van der Waals surface area (Å²) in [6.07, 6.45) is -2.79. The number of anilines is 1. The first-order chi connectivity index (χ1) is 12.2. The van der Waals surface area contributed by atoms with Gasteiger partial charge in [0.25, 0.3) is 11.8 Å². The standard InChI is InChI=1S/C16H19ClN4O5/c1-8-12(22)13(23)16(25,26-8)21-11(18)7-19-14(21)15(24)20-6-9-2-4-10(17)5-3-9/h2-5,7-8,12-13,22-23,25H,6,18H2,1H3,(H,20,24)/t8-,12-,13-,16-/m1/s1. The first kappa shape index (κ1) is 18.6. The smallest absolute Gasteiger partial charge is 0.287 e. The summed E-state index contributed by atoms with van der Waals surface area (Å²) in [7, 11) is 0. The van der Waals surface area contributed by atoms with Gasteiger partial charge in [0.15, 0.2) is 6.10 Å². The SMILES string of the molecule is C[C@H]1O[C@@](O)(n2c(N)cnc2C(=O)NCc2ccc(Cl)cc2)[C@H](O)[C@@H]1O. The first-order valence-electron chi connectivity index (χ1n) is 7.86. The number of nitrogens with zero attached hydrogens (tertiary/aromatic N) is 2. The molecule has 1 amide bonds. The van der Waals surface area contributed by atoms with Crippen LogP contribution in [0.2, 0.25) is 5.02 Å². The van der Waals surface area contributed by atoms with Crippen molar-refractivity contribution in [3.8, 4) is 0 Å². The van der Waals surface area contributed by atoms with Crippen molar-refractivity contribution in [2.24, 2.45) is 0 Å². The van der Waals surface area contributed by atoms with Crippen LogP contribution in [0.3, 0.4) is 0 Å². The first-order valence-corrected chi connectivity index (χ1v) is 8.24. The molecule has 0 spiro atoms. The van der Waals surface area contributed by atoms with Crippen molar-refractivity contribution in [1.82, 2.24) is 14.9 Å². The average molecular weight is 383 g/mol. The molecular weight excluding hydrogens is 364 g/mol. The van der Waals surface area contributed by atoms with Crippen molar-refractivity contribution in [2.45, 2.75) is 37.7 Å². The minimum absolute atomic E-state index is 0.107. The largest absolute Gasteiger partial charge is 0.387 e. The number of aliphatic hydroxyl groups excluding tert-OH is 2. The zero-order valence-corrected chi connectivity index (χ0v) is 14.6. The van der Waals surface area contributed by atoms with E-state index in [1.54, 1.807) is 24.3 Å². The molecule has 0 unspecified atom stereocenters. The maximum absolute atomic E-state index is 12.5. The Morgan fingerprint density at radius 2 is 2.08 bits per heavy atom. The Hall–Kier alpha value is -2.17. The number of hydrogen-bond acceptors (Lipinski definition) is 7. The number of imidazole rings is 1. The number of hydrogen-bond donors (Lipinski definition) is 5. The van der Waals surface area contributed by atoms with E-state index in [0.29, 0.717) is 5.02 Å². The topological polar surface area (TPSA) is 143 Å². The van der Waals surface area contributed by atoms with E-state index >= 15 is 0 Å². The lowest BCUT2D eigenvalue weighted by Gasteiger charge is -2.29. The van der Waals surface area contributed by atoms with Crippen LogP contribution in [0.25, 0.3) is 0 Å². The highest BCUT2D eigenvalue weighted by Crippen LogP contribution is 2.35. The molecule has 3 rings (SSSR count). The number of nitrogens with two attached hydrogens (primary N) is 1. The summed E-state index contributed by atoms with van der Waals surface area (Å²) in [5.41, 5.74) is 6.59. The van der Waals surface area contributed by atoms with E-state index in [0.717, 1.165) is 16.3 Å². The third-order valence-corrected chi connectivity index (χ3v) is 4.48. The molecule has 2 aromatic rings. The van der Waals surface area contributed by atoms with Crippen LogP contribution in [-0.2, 0) is 17.2 Å². The van der Waals surface area contributed by atoms with E-state index in [1.807, 2.05) is 0 Å². The van der Waals surface area contributed by atoms with Crippen LogP contribution in [0.5, 0.6) is 0 Å². The van der Waals surface area contributed by atoms with E-state index in [-0.39, 0.29) is 18.2 Å². The molecule has 2 heterocycles. The number of carbonyl (C=O) groups excluding carboxylic acids is 1. The van der Waals surface area contributed by atoms with Crippen molar-refractivity contribution < 1.29 is 24.9 Å². The van der Waals surface area contributed by atoms with Gasteiger partial charge in [0.1, 0.15) is 11.9 Å². The molecule has 1 aliphatic heterocycles. The number of benzene rings is 1. The minimum Gasteiger partial charge on any atom is -0.387 e. The summed E-state index contributed by atoms with van der Waals surface area (Å²) in [4.78, 5) is 16.4. The van der Waals surface area contributed by atoms with Crippen molar-refractivity contribution >= 4 is 23.3 Å². The molecule has 0 aliphatic carbocycles. The monoisotopic (exact) mass is 382 g/mol. The molecule has 1 aliphatic rings. The molecule has 1 aromatic heterocycles. The predicted molar refractivity (Wildman–Crippen MR) is 92.0 cm³/mol. The second-order valence-corrected chi connectivity index (χ2v) is 6.50. The zero-order valence-electron chi connectivity index (χ0n) is 13.8. The van der Waals surface area contributed by atoms with Crippen LogP contribution >= 0.6 is 11.6 Å². The molecule has 10 heteroatoms. The van der Waals surface area contributed by atoms with Gasteiger partial charge in [-0.2, -0.15) is 0 Å². The zero-order chi connectivity index (χ0) is 19.1. The highest BCUT2D eigenvalue weighted by atomic mass is 35.5. The summed E-state index contributed by atoms with van der Waals surface area (Å²) < 4.78 is 6.13. The number of carbonyl (C=O) groups is 1. The molecule has 0 saturated carbocycles. The maximum Gasteiger partial charge on any atom is 0.287 e. The Morgan fingerprint density at radius 3 is 2.65 bits per heavy atom. The molecule has 1 aromatic carbocycles. The molecule has 6 N–H and O–H groups in total. The van der Waals surface area contributed by atoms with Crippen LogP contribution in [0.15, 0.2) is 30.5 Å². The molecule has 9 nitrogen and oxygen atoms in total. The molecule has 0 radical (unpaired) electrons. The second-order valence-electron chi connectivity index (χ2n) is 6.07. The summed E-state index contributed by atoms with van der Waals surface area (Å²) in [5.74, 6) is -3.43. The Kier molecular flexibility index (Phi) is 4.91. The number of ether oxygens (including phenoxy) is 1. The van der Waals surface area contributed by atoms with Gasteiger partial charge in [0.05, 0.1) is 12.3 Å². The number of amides is 1. The highest BCUT2D eigenvalue weighted by molar-refractivity contribution is 6.30. The number of nitrogens with one attached hydrogen (secondary N) is 1. The third-order valence-electron chi connectivity index (χ3n) is 4.23. The molecule has 26 heavy (non-hydrogen) atoms. The number of rotatable bonds is 4. The molecule has 140 valence electrons. The van der Waals surface area contributed by atoms with Crippen LogP contribution in [0.1, 0.15) is 23.1 Å². The third kappa shape index (κ3) is 3.15. The lowest BCUT2D eigenvalue weighted by atomic mass is 10.1. The van der Waals surface area contributed by atoms with E-state index in [1.165, 1.54) is 6.92 Å². The Morgan fingerprint density at radius 1 is 1.42 bits per heavy atom. The molecule has 1 saturated heterocycles. The fraction of sp³-hybridized carbons (Fsp3) is 0.375. The van der Waals surface area contributed by atoms with Crippen molar-refractivity contribution in [3.63, 3.8) is 0 Å². The summed E-state index contributed by atoms with van der Waals surface area (Å²) in [6.45, 7) is 1.66. The molecular formula is C16H19ClN4O5. The van der Waals surface area contributed by atoms with E-state index < -0.39 is 30.1 Å². The van der Waals surface area contributed by atoms with Gasteiger partial charge in [-0.05, 0) is 24.6 Å². The van der Waals surface area contributed by atoms with Gasteiger partial charge < -0.3 is 31.1 Å². The quantitative estimate of drug-likeness (QED) is 0.492. The van der Waals surface area contributed by atoms with Crippen LogP contribution < -0.4 is 11.1 Å². The molecule has 1 fully saturated rings. The van der Waals surface area contributed by atoms with E-state index in [9.17, 15) is 20.1 Å². The minimum atomic E-state index is -2.41. The van der Waals surface area contributed by atoms with Crippen LogP contribution in [0, 0.1) is 0 Å². The van der Waals surface area contributed by atoms with Crippen LogP contribution in [-0.4, -0.2) is 49.1 Å². The number of aromatic nitrogens is 2. The summed E-state index contributed by atoms with van der Waals surface area (Å²) in [6, 6.07) is 6.88. The second kappa shape index (κ2) is 6.86. The summed E-state index contributed by atoms with van der Waals surface area (Å²) in [5, 5.41) is 33.9. The predicted octanol–water partition coefficient (Wildman–Crippen LogP) is -0.208. The van der Waals surface area contributed by atoms with Gasteiger partial charge in [0.2, 0.25) is 5.82 Å². The van der Waals surface area contributed by atoms with Gasteiger partial charge in [-0.3, -0.25) is 9.36 Å². The van der Waals surface area contributed by atoms with Gasteiger partial charge in [0, 0.05) is 11.6 Å². The summed E-state index contributed by atoms with van der Waals surface area (Å²) >= 11 is 5.82. The fourth-order valence-corrected chi connectivity index (χ4v) is 2.93. The fourth-order valence-electron chi connectivity index (χ4n) is 2.80. The van der Waals surface area contributed by atoms with E-state index in [2.05, 4.69) is 10.3 Å². The molecule has 0 bridgehead atoms. The Balaban J connectivity index is 1.83. The normalized spacial score (nSPS) is 28.3. The van der Waals surface area contributed by atoms with Crippen molar-refractivity contribution in [2.75, 3.05) is 5.73 Å². The maximum atomic E-state index is 12.5. The number of halogens is 1. The lowest BCUT2D eigenvalue weighted by molar-refractivity contribution is -0.284. The lowest BCUT2D eigenvalue weighted by Crippen LogP contribution is -2.48. The average Bonchev–Trinajstić information content (AvgIpc) is 3.09. The van der Waals surface area contributed by atoms with Gasteiger partial charge in [-0.25, -0.2) is 4.98 Å². The number of aliphatic hydroxyl groups is 3. The van der Waals surface area contributed by atoms with Gasteiger partial charge in [-0.15, -0.1) is 0 Å². The van der Waals surface area contributed by atoms with Crippen LogP contribution in [0.4, 0.5) is 5.82 Å². The molecule has 4 atom stereocenters. The van der Waals surface area contributed by atoms with E-state index in [4.69, 9.17) is 22.1 Å². The Labute approximate surface area is 154 Å². The van der Waals surface area contributed by atoms with Crippen molar-refractivity contribution in [3.05, 3.63) is 46.9 Å².